The zero-order valence-electron chi connectivity index (χ0n) is 20.5. The fourth-order valence-corrected chi connectivity index (χ4v) is 3.68. The van der Waals surface area contributed by atoms with Gasteiger partial charge in [-0.1, -0.05) is 30.3 Å². The average molecular weight is 449 g/mol. The van der Waals surface area contributed by atoms with E-state index in [0.717, 1.165) is 16.4 Å². The summed E-state index contributed by atoms with van der Waals surface area (Å²) in [5.41, 5.74) is 0.925. The van der Waals surface area contributed by atoms with Crippen molar-refractivity contribution in [3.63, 3.8) is 0 Å². The topological polar surface area (TPSA) is 58.9 Å². The molecule has 2 aromatic carbocycles. The fourth-order valence-electron chi connectivity index (χ4n) is 3.68. The molecule has 0 radical (unpaired) electrons. The SMILES string of the molecule is CC(C)(C)OC(=O)n1cc(B2OC(C)(C)C(C)(C)O2)c2ccc(OCc3ccccc3)cc21. The van der Waals surface area contributed by atoms with Crippen LogP contribution in [-0.4, -0.2) is 34.6 Å². The highest BCUT2D eigenvalue weighted by atomic mass is 16.7. The van der Waals surface area contributed by atoms with Crippen LogP contribution in [0.25, 0.3) is 10.9 Å². The normalized spacial score (nSPS) is 17.4. The van der Waals surface area contributed by atoms with Crippen molar-refractivity contribution in [3.8, 4) is 5.75 Å². The van der Waals surface area contributed by atoms with Gasteiger partial charge in [-0.05, 0) is 66.2 Å². The number of benzene rings is 2. The van der Waals surface area contributed by atoms with Crippen molar-refractivity contribution in [1.82, 2.24) is 4.57 Å². The first-order valence-corrected chi connectivity index (χ1v) is 11.3. The molecule has 1 aliphatic heterocycles. The second kappa shape index (κ2) is 8.22. The van der Waals surface area contributed by atoms with Gasteiger partial charge in [0, 0.05) is 23.1 Å². The van der Waals surface area contributed by atoms with Gasteiger partial charge in [-0.15, -0.1) is 0 Å². The van der Waals surface area contributed by atoms with E-state index >= 15 is 0 Å². The summed E-state index contributed by atoms with van der Waals surface area (Å²) < 4.78 is 25.7. The first-order valence-electron chi connectivity index (χ1n) is 11.3. The van der Waals surface area contributed by atoms with Gasteiger partial charge < -0.3 is 18.8 Å². The maximum Gasteiger partial charge on any atom is 0.497 e. The maximum atomic E-state index is 13.1. The van der Waals surface area contributed by atoms with E-state index in [-0.39, 0.29) is 0 Å². The molecule has 1 aliphatic rings. The van der Waals surface area contributed by atoms with Crippen molar-refractivity contribution in [2.75, 3.05) is 0 Å². The molecule has 0 aliphatic carbocycles. The van der Waals surface area contributed by atoms with Crippen LogP contribution in [0.4, 0.5) is 4.79 Å². The molecule has 174 valence electrons. The highest BCUT2D eigenvalue weighted by molar-refractivity contribution is 6.65. The summed E-state index contributed by atoms with van der Waals surface area (Å²) in [5.74, 6) is 0.662. The Balaban J connectivity index is 1.72. The number of carbonyl (C=O) groups is 1. The molecule has 1 fully saturated rings. The number of fused-ring (bicyclic) bond motifs is 1. The lowest BCUT2D eigenvalue weighted by Crippen LogP contribution is -2.41. The van der Waals surface area contributed by atoms with Crippen molar-refractivity contribution < 1.29 is 23.6 Å². The molecule has 0 amide bonds. The van der Waals surface area contributed by atoms with Crippen LogP contribution in [0.3, 0.4) is 0 Å². The molecule has 0 spiro atoms. The predicted molar refractivity (Wildman–Crippen MR) is 130 cm³/mol. The fraction of sp³-hybridized carbons (Fsp3) is 0.423. The van der Waals surface area contributed by atoms with Crippen LogP contribution in [0.15, 0.2) is 54.7 Å². The van der Waals surface area contributed by atoms with E-state index in [1.165, 1.54) is 4.57 Å². The summed E-state index contributed by atoms with van der Waals surface area (Å²) >= 11 is 0. The molecule has 33 heavy (non-hydrogen) atoms. The summed E-state index contributed by atoms with van der Waals surface area (Å²) in [5, 5.41) is 0.853. The zero-order chi connectivity index (χ0) is 24.0. The van der Waals surface area contributed by atoms with Gasteiger partial charge in [0.1, 0.15) is 18.0 Å². The molecule has 1 saturated heterocycles. The molecule has 3 aromatic rings. The number of aromatic nitrogens is 1. The third-order valence-corrected chi connectivity index (χ3v) is 6.15. The summed E-state index contributed by atoms with van der Waals surface area (Å²) in [6.07, 6.45) is 1.29. The minimum Gasteiger partial charge on any atom is -0.489 e. The molecular formula is C26H32BNO5. The Morgan fingerprint density at radius 1 is 1.00 bits per heavy atom. The number of carbonyl (C=O) groups excluding carboxylic acids is 1. The number of hydrogen-bond acceptors (Lipinski definition) is 5. The summed E-state index contributed by atoms with van der Waals surface area (Å²) in [4.78, 5) is 13.1. The standard InChI is InChI=1S/C26H32BNO5/c1-24(2,3)31-23(29)28-16-21(27-32-25(4,5)26(6,7)33-27)20-14-13-19(15-22(20)28)30-17-18-11-9-8-10-12-18/h8-16H,17H2,1-7H3. The van der Waals surface area contributed by atoms with E-state index in [9.17, 15) is 4.79 Å². The van der Waals surface area contributed by atoms with E-state index in [1.54, 1.807) is 6.20 Å². The Kier molecular flexibility index (Phi) is 5.83. The van der Waals surface area contributed by atoms with Crippen LogP contribution in [0.5, 0.6) is 5.75 Å². The van der Waals surface area contributed by atoms with Gasteiger partial charge in [-0.2, -0.15) is 0 Å². The van der Waals surface area contributed by atoms with Gasteiger partial charge in [-0.3, -0.25) is 4.57 Å². The second-order valence-electron chi connectivity index (χ2n) is 10.5. The van der Waals surface area contributed by atoms with Gasteiger partial charge in [0.05, 0.1) is 16.7 Å². The Bertz CT molecular complexity index is 1140. The lowest BCUT2D eigenvalue weighted by atomic mass is 9.79. The summed E-state index contributed by atoms with van der Waals surface area (Å²) in [7, 11) is -0.600. The van der Waals surface area contributed by atoms with Crippen molar-refractivity contribution in [1.29, 1.82) is 0 Å². The molecular weight excluding hydrogens is 417 g/mol. The zero-order valence-corrected chi connectivity index (χ0v) is 20.5. The van der Waals surface area contributed by atoms with Gasteiger partial charge >= 0.3 is 13.2 Å². The van der Waals surface area contributed by atoms with E-state index in [0.29, 0.717) is 17.9 Å². The van der Waals surface area contributed by atoms with E-state index in [4.69, 9.17) is 18.8 Å². The first kappa shape index (κ1) is 23.4. The molecule has 6 nitrogen and oxygen atoms in total. The lowest BCUT2D eigenvalue weighted by Gasteiger charge is -2.32. The average Bonchev–Trinajstić information content (AvgIpc) is 3.19. The van der Waals surface area contributed by atoms with Gasteiger partial charge in [0.2, 0.25) is 0 Å². The first-order chi connectivity index (χ1) is 15.4. The number of ether oxygens (including phenoxy) is 2. The molecule has 0 atom stereocenters. The van der Waals surface area contributed by atoms with Crippen molar-refractivity contribution in [2.24, 2.45) is 0 Å². The third kappa shape index (κ3) is 4.80. The predicted octanol–water partition coefficient (Wildman–Crippen LogP) is 5.30. The molecule has 4 rings (SSSR count). The smallest absolute Gasteiger partial charge is 0.489 e. The molecule has 0 saturated carbocycles. The Morgan fingerprint density at radius 2 is 1.64 bits per heavy atom. The Labute approximate surface area is 195 Å². The molecule has 2 heterocycles. The summed E-state index contributed by atoms with van der Waals surface area (Å²) in [6, 6.07) is 15.7. The van der Waals surface area contributed by atoms with Crippen molar-refractivity contribution in [3.05, 3.63) is 60.3 Å². The Hall–Kier alpha value is -2.77. The van der Waals surface area contributed by atoms with E-state index in [2.05, 4.69) is 0 Å². The van der Waals surface area contributed by atoms with Crippen LogP contribution < -0.4 is 10.2 Å². The van der Waals surface area contributed by atoms with Crippen LogP contribution in [0.1, 0.15) is 54.0 Å². The van der Waals surface area contributed by atoms with Crippen molar-refractivity contribution >= 4 is 29.6 Å². The summed E-state index contributed by atoms with van der Waals surface area (Å²) in [6.45, 7) is 14.0. The number of rotatable bonds is 4. The molecule has 7 heteroatoms. The number of hydrogen-bond donors (Lipinski definition) is 0. The number of nitrogens with zero attached hydrogens (tertiary/aromatic N) is 1. The largest absolute Gasteiger partial charge is 0.497 e. The minimum absolute atomic E-state index is 0.434. The molecule has 0 bridgehead atoms. The van der Waals surface area contributed by atoms with Crippen LogP contribution >= 0.6 is 0 Å². The monoisotopic (exact) mass is 449 g/mol. The molecule has 1 aromatic heterocycles. The van der Waals surface area contributed by atoms with Crippen LogP contribution in [0.2, 0.25) is 0 Å². The Morgan fingerprint density at radius 3 is 2.24 bits per heavy atom. The molecule has 0 N–H and O–H groups in total. The van der Waals surface area contributed by atoms with Crippen LogP contribution in [0, 0.1) is 0 Å². The van der Waals surface area contributed by atoms with E-state index in [1.807, 2.05) is 97.0 Å². The van der Waals surface area contributed by atoms with Gasteiger partial charge in [0.15, 0.2) is 0 Å². The lowest BCUT2D eigenvalue weighted by molar-refractivity contribution is 0.00578. The highest BCUT2D eigenvalue weighted by Crippen LogP contribution is 2.37. The second-order valence-corrected chi connectivity index (χ2v) is 10.5. The van der Waals surface area contributed by atoms with Crippen molar-refractivity contribution in [2.45, 2.75) is 71.9 Å². The minimum atomic E-state index is -0.625. The van der Waals surface area contributed by atoms with E-state index < -0.39 is 30.0 Å². The maximum absolute atomic E-state index is 13.1. The van der Waals surface area contributed by atoms with Gasteiger partial charge in [0.25, 0.3) is 0 Å². The third-order valence-electron chi connectivity index (χ3n) is 6.15. The quantitative estimate of drug-likeness (QED) is 0.506. The van der Waals surface area contributed by atoms with Crippen LogP contribution in [-0.2, 0) is 20.7 Å². The van der Waals surface area contributed by atoms with Gasteiger partial charge in [-0.25, -0.2) is 4.79 Å². The highest BCUT2D eigenvalue weighted by Gasteiger charge is 2.52. The molecule has 0 unspecified atom stereocenters.